The first-order valence-corrected chi connectivity index (χ1v) is 5.64. The van der Waals surface area contributed by atoms with Gasteiger partial charge < -0.3 is 5.32 Å². The molecule has 0 saturated carbocycles. The lowest BCUT2D eigenvalue weighted by atomic mass is 9.97. The van der Waals surface area contributed by atoms with E-state index in [1.54, 1.807) is 0 Å². The number of piperidine rings is 1. The summed E-state index contributed by atoms with van der Waals surface area (Å²) in [6.45, 7) is 11.5. The first-order valence-electron chi connectivity index (χ1n) is 5.64. The van der Waals surface area contributed by atoms with Gasteiger partial charge in [-0.1, -0.05) is 6.92 Å². The zero-order valence-electron chi connectivity index (χ0n) is 9.51. The first kappa shape index (κ1) is 11.0. The van der Waals surface area contributed by atoms with Crippen LogP contribution in [-0.4, -0.2) is 36.1 Å². The van der Waals surface area contributed by atoms with Gasteiger partial charge in [0.15, 0.2) is 0 Å². The molecule has 2 atom stereocenters. The van der Waals surface area contributed by atoms with Crippen molar-refractivity contribution >= 4 is 0 Å². The molecule has 1 rings (SSSR count). The molecule has 1 saturated heterocycles. The van der Waals surface area contributed by atoms with Crippen LogP contribution < -0.4 is 5.32 Å². The Morgan fingerprint density at radius 2 is 2.15 bits per heavy atom. The van der Waals surface area contributed by atoms with E-state index in [2.05, 4.69) is 37.9 Å². The molecule has 78 valence electrons. The van der Waals surface area contributed by atoms with Crippen molar-refractivity contribution in [2.75, 3.05) is 13.1 Å². The summed E-state index contributed by atoms with van der Waals surface area (Å²) in [4.78, 5) is 2.60. The molecule has 0 aromatic carbocycles. The Morgan fingerprint density at radius 3 is 2.62 bits per heavy atom. The predicted molar refractivity (Wildman–Crippen MR) is 58.0 cm³/mol. The highest BCUT2D eigenvalue weighted by atomic mass is 15.2. The van der Waals surface area contributed by atoms with Crippen molar-refractivity contribution in [3.05, 3.63) is 0 Å². The second kappa shape index (κ2) is 4.97. The SMILES string of the molecule is CCNC1CCN(C(C)C)[C@H](C)C1. The Morgan fingerprint density at radius 1 is 1.46 bits per heavy atom. The van der Waals surface area contributed by atoms with Gasteiger partial charge in [-0.05, 0) is 40.2 Å². The normalized spacial score (nSPS) is 31.2. The summed E-state index contributed by atoms with van der Waals surface area (Å²) in [6, 6.07) is 2.21. The zero-order chi connectivity index (χ0) is 9.84. The van der Waals surface area contributed by atoms with Gasteiger partial charge in [-0.15, -0.1) is 0 Å². The lowest BCUT2D eigenvalue weighted by Crippen LogP contribution is -2.49. The number of rotatable bonds is 3. The number of nitrogens with zero attached hydrogens (tertiary/aromatic N) is 1. The fourth-order valence-corrected chi connectivity index (χ4v) is 2.43. The van der Waals surface area contributed by atoms with Crippen molar-refractivity contribution in [1.29, 1.82) is 0 Å². The number of hydrogen-bond donors (Lipinski definition) is 1. The Balaban J connectivity index is 2.37. The summed E-state index contributed by atoms with van der Waals surface area (Å²) < 4.78 is 0. The molecule has 0 radical (unpaired) electrons. The predicted octanol–water partition coefficient (Wildman–Crippen LogP) is 1.86. The summed E-state index contributed by atoms with van der Waals surface area (Å²) in [5.41, 5.74) is 0. The standard InChI is InChI=1S/C11H24N2/c1-5-12-11-6-7-13(9(2)3)10(4)8-11/h9-12H,5-8H2,1-4H3/t10-,11?/m1/s1. The highest BCUT2D eigenvalue weighted by molar-refractivity contribution is 4.84. The molecule has 1 aliphatic rings. The van der Waals surface area contributed by atoms with Crippen LogP contribution in [0.15, 0.2) is 0 Å². The Bertz CT molecular complexity index is 145. The highest BCUT2D eigenvalue weighted by Gasteiger charge is 2.25. The second-order valence-corrected chi connectivity index (χ2v) is 4.46. The molecular formula is C11H24N2. The van der Waals surface area contributed by atoms with Crippen molar-refractivity contribution in [1.82, 2.24) is 10.2 Å². The topological polar surface area (TPSA) is 15.3 Å². The molecule has 0 aliphatic carbocycles. The van der Waals surface area contributed by atoms with Gasteiger partial charge >= 0.3 is 0 Å². The molecule has 2 nitrogen and oxygen atoms in total. The first-order chi connectivity index (χ1) is 6.15. The molecule has 0 aromatic rings. The van der Waals surface area contributed by atoms with Gasteiger partial charge in [-0.2, -0.15) is 0 Å². The molecule has 1 heterocycles. The van der Waals surface area contributed by atoms with E-state index in [0.29, 0.717) is 6.04 Å². The van der Waals surface area contributed by atoms with Crippen molar-refractivity contribution < 1.29 is 0 Å². The van der Waals surface area contributed by atoms with Crippen LogP contribution in [0.3, 0.4) is 0 Å². The number of hydrogen-bond acceptors (Lipinski definition) is 2. The van der Waals surface area contributed by atoms with Crippen LogP contribution in [-0.2, 0) is 0 Å². The second-order valence-electron chi connectivity index (χ2n) is 4.46. The third-order valence-electron chi connectivity index (χ3n) is 3.08. The van der Waals surface area contributed by atoms with Crippen molar-refractivity contribution in [2.45, 2.75) is 58.7 Å². The minimum absolute atomic E-state index is 0.706. The number of likely N-dealkylation sites (tertiary alicyclic amines) is 1. The summed E-state index contributed by atoms with van der Waals surface area (Å²) in [5.74, 6) is 0. The fourth-order valence-electron chi connectivity index (χ4n) is 2.43. The fraction of sp³-hybridized carbons (Fsp3) is 1.00. The maximum Gasteiger partial charge on any atom is 0.00939 e. The van der Waals surface area contributed by atoms with E-state index in [9.17, 15) is 0 Å². The molecule has 1 N–H and O–H groups in total. The van der Waals surface area contributed by atoms with Crippen LogP contribution in [0, 0.1) is 0 Å². The van der Waals surface area contributed by atoms with E-state index in [-0.39, 0.29) is 0 Å². The van der Waals surface area contributed by atoms with Crippen molar-refractivity contribution in [3.63, 3.8) is 0 Å². The Kier molecular flexibility index (Phi) is 4.20. The lowest BCUT2D eigenvalue weighted by Gasteiger charge is -2.40. The van der Waals surface area contributed by atoms with Crippen LogP contribution in [0.4, 0.5) is 0 Å². The summed E-state index contributed by atoms with van der Waals surface area (Å²) in [5, 5.41) is 3.55. The number of nitrogens with one attached hydrogen (secondary N) is 1. The molecular weight excluding hydrogens is 160 g/mol. The van der Waals surface area contributed by atoms with E-state index >= 15 is 0 Å². The van der Waals surface area contributed by atoms with E-state index in [4.69, 9.17) is 0 Å². The van der Waals surface area contributed by atoms with Gasteiger partial charge in [-0.3, -0.25) is 4.90 Å². The van der Waals surface area contributed by atoms with Crippen LogP contribution in [0.25, 0.3) is 0 Å². The van der Waals surface area contributed by atoms with E-state index in [1.807, 2.05) is 0 Å². The largest absolute Gasteiger partial charge is 0.314 e. The molecule has 0 aromatic heterocycles. The van der Waals surface area contributed by atoms with E-state index in [1.165, 1.54) is 19.4 Å². The Labute approximate surface area is 82.7 Å². The van der Waals surface area contributed by atoms with Gasteiger partial charge in [0.25, 0.3) is 0 Å². The van der Waals surface area contributed by atoms with Gasteiger partial charge in [0.1, 0.15) is 0 Å². The molecule has 13 heavy (non-hydrogen) atoms. The molecule has 0 bridgehead atoms. The van der Waals surface area contributed by atoms with Crippen LogP contribution in [0.2, 0.25) is 0 Å². The summed E-state index contributed by atoms with van der Waals surface area (Å²) >= 11 is 0. The molecule has 1 aliphatic heterocycles. The maximum absolute atomic E-state index is 3.55. The third-order valence-corrected chi connectivity index (χ3v) is 3.08. The quantitative estimate of drug-likeness (QED) is 0.720. The summed E-state index contributed by atoms with van der Waals surface area (Å²) in [7, 11) is 0. The lowest BCUT2D eigenvalue weighted by molar-refractivity contribution is 0.104. The van der Waals surface area contributed by atoms with Gasteiger partial charge in [0.2, 0.25) is 0 Å². The monoisotopic (exact) mass is 184 g/mol. The molecule has 0 spiro atoms. The Hall–Kier alpha value is -0.0800. The van der Waals surface area contributed by atoms with E-state index < -0.39 is 0 Å². The maximum atomic E-state index is 3.55. The highest BCUT2D eigenvalue weighted by Crippen LogP contribution is 2.19. The van der Waals surface area contributed by atoms with Gasteiger partial charge in [0, 0.05) is 24.7 Å². The zero-order valence-corrected chi connectivity index (χ0v) is 9.51. The average molecular weight is 184 g/mol. The van der Waals surface area contributed by atoms with Gasteiger partial charge in [0.05, 0.1) is 0 Å². The van der Waals surface area contributed by atoms with Crippen LogP contribution in [0.5, 0.6) is 0 Å². The van der Waals surface area contributed by atoms with Crippen molar-refractivity contribution in [3.8, 4) is 0 Å². The smallest absolute Gasteiger partial charge is 0.00939 e. The van der Waals surface area contributed by atoms with Crippen LogP contribution >= 0.6 is 0 Å². The third kappa shape index (κ3) is 2.96. The van der Waals surface area contributed by atoms with Gasteiger partial charge in [-0.25, -0.2) is 0 Å². The van der Waals surface area contributed by atoms with Crippen molar-refractivity contribution in [2.24, 2.45) is 0 Å². The minimum Gasteiger partial charge on any atom is -0.314 e. The molecule has 2 heteroatoms. The average Bonchev–Trinajstić information content (AvgIpc) is 2.04. The summed E-state index contributed by atoms with van der Waals surface area (Å²) in [6.07, 6.45) is 2.63. The minimum atomic E-state index is 0.706. The molecule has 1 unspecified atom stereocenters. The molecule has 1 fully saturated rings. The van der Waals surface area contributed by atoms with E-state index in [0.717, 1.165) is 18.6 Å². The van der Waals surface area contributed by atoms with Crippen LogP contribution in [0.1, 0.15) is 40.5 Å². The molecule has 0 amide bonds.